The molecule has 2 aromatic heterocycles. The summed E-state index contributed by atoms with van der Waals surface area (Å²) < 4.78 is 26.8. The van der Waals surface area contributed by atoms with Gasteiger partial charge in [0, 0.05) is 31.1 Å². The molecule has 2 heterocycles. The summed E-state index contributed by atoms with van der Waals surface area (Å²) in [5.41, 5.74) is 0.511. The lowest BCUT2D eigenvalue weighted by Crippen LogP contribution is -2.12. The average Bonchev–Trinajstić information content (AvgIpc) is 3.27. The van der Waals surface area contributed by atoms with E-state index in [0.717, 1.165) is 23.6 Å². The molecule has 1 aromatic carbocycles. The van der Waals surface area contributed by atoms with Gasteiger partial charge in [0.25, 0.3) is 11.6 Å². The van der Waals surface area contributed by atoms with Crippen LogP contribution >= 0.6 is 11.3 Å². The van der Waals surface area contributed by atoms with Gasteiger partial charge in [-0.3, -0.25) is 24.8 Å². The normalized spacial score (nSPS) is 10.9. The predicted octanol–water partition coefficient (Wildman–Crippen LogP) is 3.91. The van der Waals surface area contributed by atoms with Crippen molar-refractivity contribution < 1.29 is 18.5 Å². The van der Waals surface area contributed by atoms with Crippen molar-refractivity contribution in [1.29, 1.82) is 0 Å². The number of anilines is 2. The first-order chi connectivity index (χ1) is 13.3. The van der Waals surface area contributed by atoms with E-state index in [-0.39, 0.29) is 27.9 Å². The zero-order valence-corrected chi connectivity index (χ0v) is 15.5. The van der Waals surface area contributed by atoms with Crippen LogP contribution in [0.25, 0.3) is 10.7 Å². The highest BCUT2D eigenvalue weighted by molar-refractivity contribution is 7.19. The Labute approximate surface area is 161 Å². The molecule has 0 aliphatic heterocycles. The van der Waals surface area contributed by atoms with E-state index < -0.39 is 17.4 Å². The molecule has 9 nitrogen and oxygen atoms in total. The zero-order chi connectivity index (χ0) is 20.4. The number of aromatic nitrogens is 3. The molecule has 0 unspecified atom stereocenters. The van der Waals surface area contributed by atoms with Crippen LogP contribution in [0.1, 0.15) is 22.6 Å². The monoisotopic (exact) mass is 408 g/mol. The third-order valence-corrected chi connectivity index (χ3v) is 4.89. The van der Waals surface area contributed by atoms with Gasteiger partial charge in [-0.2, -0.15) is 8.78 Å². The lowest BCUT2D eigenvalue weighted by molar-refractivity contribution is -0.384. The SMILES string of the molecule is CNc1ccc(C(=O)Nc2nc(C)c(-c3nccn3C(F)F)s2)cc1[N+](=O)[O-]. The van der Waals surface area contributed by atoms with Crippen molar-refractivity contribution in [2.24, 2.45) is 0 Å². The molecule has 12 heteroatoms. The molecule has 2 N–H and O–H groups in total. The van der Waals surface area contributed by atoms with E-state index in [1.165, 1.54) is 25.4 Å². The predicted molar refractivity (Wildman–Crippen MR) is 99.9 cm³/mol. The summed E-state index contributed by atoms with van der Waals surface area (Å²) in [7, 11) is 1.53. The first-order valence-corrected chi connectivity index (χ1v) is 8.69. The number of alkyl halides is 2. The van der Waals surface area contributed by atoms with Crippen LogP contribution in [0.15, 0.2) is 30.6 Å². The van der Waals surface area contributed by atoms with Gasteiger partial charge >= 0.3 is 6.55 Å². The molecule has 28 heavy (non-hydrogen) atoms. The molecule has 3 rings (SSSR count). The molecule has 0 spiro atoms. The Morgan fingerprint density at radius 1 is 1.39 bits per heavy atom. The first kappa shape index (κ1) is 19.4. The number of nitrogens with zero attached hydrogens (tertiary/aromatic N) is 4. The summed E-state index contributed by atoms with van der Waals surface area (Å²) in [6, 6.07) is 4.00. The second kappa shape index (κ2) is 7.68. The minimum absolute atomic E-state index is 0.0412. The minimum atomic E-state index is -2.76. The first-order valence-electron chi connectivity index (χ1n) is 7.88. The molecule has 0 saturated heterocycles. The van der Waals surface area contributed by atoms with E-state index in [1.54, 1.807) is 6.92 Å². The van der Waals surface area contributed by atoms with Gasteiger partial charge in [0.15, 0.2) is 11.0 Å². The number of nitro groups is 1. The van der Waals surface area contributed by atoms with Gasteiger partial charge in [0.2, 0.25) is 0 Å². The van der Waals surface area contributed by atoms with Crippen LogP contribution in [0.3, 0.4) is 0 Å². The number of nitrogens with one attached hydrogen (secondary N) is 2. The maximum absolute atomic E-state index is 13.1. The Morgan fingerprint density at radius 2 is 2.14 bits per heavy atom. The minimum Gasteiger partial charge on any atom is -0.383 e. The smallest absolute Gasteiger partial charge is 0.320 e. The van der Waals surface area contributed by atoms with Crippen molar-refractivity contribution in [3.63, 3.8) is 0 Å². The number of imidazole rings is 1. The summed E-state index contributed by atoms with van der Waals surface area (Å²) in [5, 5.41) is 16.5. The number of hydrogen-bond donors (Lipinski definition) is 2. The fourth-order valence-corrected chi connectivity index (χ4v) is 3.47. The molecule has 0 aliphatic carbocycles. The maximum Gasteiger partial charge on any atom is 0.320 e. The fourth-order valence-electron chi connectivity index (χ4n) is 2.51. The maximum atomic E-state index is 13.1. The molecular formula is C16H14F2N6O3S. The lowest BCUT2D eigenvalue weighted by Gasteiger charge is -2.05. The summed E-state index contributed by atoms with van der Waals surface area (Å²) in [6.07, 6.45) is 2.40. The van der Waals surface area contributed by atoms with Crippen molar-refractivity contribution in [1.82, 2.24) is 14.5 Å². The van der Waals surface area contributed by atoms with Crippen molar-refractivity contribution in [3.8, 4) is 10.7 Å². The zero-order valence-electron chi connectivity index (χ0n) is 14.6. The summed E-state index contributed by atoms with van der Waals surface area (Å²) in [5.74, 6) is -0.567. The number of halogens is 2. The number of nitro benzene ring substituents is 1. The lowest BCUT2D eigenvalue weighted by atomic mass is 10.1. The number of benzene rings is 1. The Bertz CT molecular complexity index is 1050. The summed E-state index contributed by atoms with van der Waals surface area (Å²) >= 11 is 0.984. The van der Waals surface area contributed by atoms with Gasteiger partial charge in [-0.1, -0.05) is 11.3 Å². The van der Waals surface area contributed by atoms with Gasteiger partial charge in [-0.15, -0.1) is 0 Å². The number of rotatable bonds is 6. The van der Waals surface area contributed by atoms with Gasteiger partial charge in [0.1, 0.15) is 5.69 Å². The molecular weight excluding hydrogens is 394 g/mol. The fraction of sp³-hybridized carbons (Fsp3) is 0.188. The van der Waals surface area contributed by atoms with E-state index in [9.17, 15) is 23.7 Å². The van der Waals surface area contributed by atoms with Gasteiger partial charge in [-0.05, 0) is 19.1 Å². The standard InChI is InChI=1S/C16H14F2N6O3S/c1-8-12(13-20-5-6-23(13)15(17)18)28-16(21-8)22-14(25)9-3-4-10(19-2)11(7-9)24(26)27/h3-7,15,19H,1-2H3,(H,21,22,25). The second-order valence-electron chi connectivity index (χ2n) is 5.56. The third-order valence-electron chi connectivity index (χ3n) is 3.83. The highest BCUT2D eigenvalue weighted by Gasteiger charge is 2.21. The number of thiazole rings is 1. The Balaban J connectivity index is 1.87. The Morgan fingerprint density at radius 3 is 2.79 bits per heavy atom. The molecule has 1 amide bonds. The molecule has 0 saturated carbocycles. The number of carbonyl (C=O) groups is 1. The van der Waals surface area contributed by atoms with Crippen molar-refractivity contribution in [2.45, 2.75) is 13.5 Å². The average molecular weight is 408 g/mol. The largest absolute Gasteiger partial charge is 0.383 e. The van der Waals surface area contributed by atoms with E-state index >= 15 is 0 Å². The van der Waals surface area contributed by atoms with Crippen LogP contribution in [0, 0.1) is 17.0 Å². The van der Waals surface area contributed by atoms with Gasteiger partial charge in [-0.25, -0.2) is 9.97 Å². The van der Waals surface area contributed by atoms with Crippen LogP contribution in [-0.2, 0) is 0 Å². The number of carbonyl (C=O) groups excluding carboxylic acids is 1. The topological polar surface area (TPSA) is 115 Å². The van der Waals surface area contributed by atoms with Gasteiger partial charge in [0.05, 0.1) is 15.5 Å². The van der Waals surface area contributed by atoms with Crippen molar-refractivity contribution >= 4 is 33.8 Å². The summed E-state index contributed by atoms with van der Waals surface area (Å²) in [4.78, 5) is 31.5. The van der Waals surface area contributed by atoms with Crippen LogP contribution in [0.5, 0.6) is 0 Å². The van der Waals surface area contributed by atoms with E-state index in [2.05, 4.69) is 20.6 Å². The van der Waals surface area contributed by atoms with Crippen LogP contribution in [0.4, 0.5) is 25.3 Å². The summed E-state index contributed by atoms with van der Waals surface area (Å²) in [6.45, 7) is -1.15. The molecule has 0 fully saturated rings. The Kier molecular flexibility index (Phi) is 5.31. The molecule has 0 atom stereocenters. The molecule has 0 bridgehead atoms. The van der Waals surface area contributed by atoms with E-state index in [4.69, 9.17) is 0 Å². The third kappa shape index (κ3) is 3.67. The van der Waals surface area contributed by atoms with Crippen LogP contribution < -0.4 is 10.6 Å². The number of amides is 1. The second-order valence-corrected chi connectivity index (χ2v) is 6.56. The van der Waals surface area contributed by atoms with Gasteiger partial charge < -0.3 is 5.32 Å². The number of hydrogen-bond acceptors (Lipinski definition) is 7. The molecule has 146 valence electrons. The highest BCUT2D eigenvalue weighted by atomic mass is 32.1. The van der Waals surface area contributed by atoms with E-state index in [1.807, 2.05) is 0 Å². The Hall–Kier alpha value is -3.41. The van der Waals surface area contributed by atoms with Crippen LogP contribution in [-0.4, -0.2) is 32.4 Å². The molecule has 3 aromatic rings. The number of aryl methyl sites for hydroxylation is 1. The molecule has 0 radical (unpaired) electrons. The quantitative estimate of drug-likeness (QED) is 0.472. The highest BCUT2D eigenvalue weighted by Crippen LogP contribution is 2.34. The van der Waals surface area contributed by atoms with Crippen molar-refractivity contribution in [3.05, 3.63) is 52.0 Å². The molecule has 0 aliphatic rings. The van der Waals surface area contributed by atoms with Crippen molar-refractivity contribution in [2.75, 3.05) is 17.7 Å². The van der Waals surface area contributed by atoms with E-state index in [0.29, 0.717) is 15.1 Å². The van der Waals surface area contributed by atoms with Crippen LogP contribution in [0.2, 0.25) is 0 Å².